The first kappa shape index (κ1) is 16.4. The second kappa shape index (κ2) is 7.83. The van der Waals surface area contributed by atoms with Crippen LogP contribution in [0.1, 0.15) is 11.1 Å². The molecule has 7 nitrogen and oxygen atoms in total. The lowest BCUT2D eigenvalue weighted by Gasteiger charge is -2.24. The maximum Gasteiger partial charge on any atom is 0.330 e. The number of rotatable bonds is 5. The fourth-order valence-electron chi connectivity index (χ4n) is 1.43. The van der Waals surface area contributed by atoms with E-state index in [-0.39, 0.29) is 10.9 Å². The van der Waals surface area contributed by atoms with Gasteiger partial charge in [0.25, 0.3) is 0 Å². The molecule has 7 heteroatoms. The van der Waals surface area contributed by atoms with Gasteiger partial charge in [0, 0.05) is 12.2 Å². The van der Waals surface area contributed by atoms with Gasteiger partial charge in [-0.25, -0.2) is 9.59 Å². The molecule has 0 radical (unpaired) electrons. The largest absolute Gasteiger partial charge is 0.733 e. The van der Waals surface area contributed by atoms with Crippen LogP contribution in [0.3, 0.4) is 0 Å². The maximum absolute atomic E-state index is 11.1. The summed E-state index contributed by atoms with van der Waals surface area (Å²) < 4.78 is 8.87. The molecule has 0 bridgehead atoms. The predicted octanol–water partition coefficient (Wildman–Crippen LogP) is 1.75. The number of anilines is 1. The van der Waals surface area contributed by atoms with Gasteiger partial charge >= 0.3 is 11.9 Å². The second-order valence-electron chi connectivity index (χ2n) is 3.80. The molecule has 0 aliphatic heterocycles. The van der Waals surface area contributed by atoms with Crippen molar-refractivity contribution in [2.24, 2.45) is 0 Å². The van der Waals surface area contributed by atoms with Crippen LogP contribution >= 0.6 is 0 Å². The molecular formula is C14H14NO6-. The molecule has 0 aliphatic carbocycles. The molecule has 0 unspecified atom stereocenters. The van der Waals surface area contributed by atoms with Crippen molar-refractivity contribution >= 4 is 29.8 Å². The standard InChI is InChI=1S/C14H14NO6/c1-20-13(16)7-4-10-3-5-11(6-8-14(17)21-2)12(9-10)15(18)19/h3-9,18H,1-2H3/q-1. The Kier molecular flexibility index (Phi) is 6.12. The molecule has 0 amide bonds. The first-order valence-electron chi connectivity index (χ1n) is 5.80. The van der Waals surface area contributed by atoms with Gasteiger partial charge in [0.15, 0.2) is 0 Å². The first-order valence-corrected chi connectivity index (χ1v) is 5.80. The fraction of sp³-hybridized carbons (Fsp3) is 0.143. The highest BCUT2D eigenvalue weighted by atomic mass is 16.8. The van der Waals surface area contributed by atoms with Crippen LogP contribution in [-0.2, 0) is 19.1 Å². The van der Waals surface area contributed by atoms with Gasteiger partial charge in [-0.1, -0.05) is 12.1 Å². The number of ether oxygens (including phenoxy) is 2. The summed E-state index contributed by atoms with van der Waals surface area (Å²) in [6, 6.07) is 4.46. The van der Waals surface area contributed by atoms with Crippen LogP contribution in [0.25, 0.3) is 12.2 Å². The van der Waals surface area contributed by atoms with Gasteiger partial charge in [-0.15, -0.1) is 0 Å². The van der Waals surface area contributed by atoms with Crippen molar-refractivity contribution in [3.05, 3.63) is 46.7 Å². The van der Waals surface area contributed by atoms with Gasteiger partial charge in [-0.2, -0.15) is 0 Å². The van der Waals surface area contributed by atoms with Crippen molar-refractivity contribution in [1.82, 2.24) is 0 Å². The van der Waals surface area contributed by atoms with Gasteiger partial charge < -0.3 is 19.9 Å². The van der Waals surface area contributed by atoms with Crippen LogP contribution in [0.15, 0.2) is 30.4 Å². The summed E-state index contributed by atoms with van der Waals surface area (Å²) in [4.78, 5) is 22.0. The molecule has 21 heavy (non-hydrogen) atoms. The number of methoxy groups -OCH3 is 2. The van der Waals surface area contributed by atoms with E-state index in [0.29, 0.717) is 11.1 Å². The molecule has 0 aliphatic rings. The molecule has 0 saturated carbocycles. The third-order valence-corrected chi connectivity index (χ3v) is 2.47. The van der Waals surface area contributed by atoms with E-state index in [4.69, 9.17) is 5.21 Å². The van der Waals surface area contributed by atoms with Crippen LogP contribution in [0, 0.1) is 5.21 Å². The number of hydrogen-bond donors (Lipinski definition) is 1. The van der Waals surface area contributed by atoms with Gasteiger partial charge in [0.1, 0.15) is 0 Å². The molecule has 1 aromatic carbocycles. The van der Waals surface area contributed by atoms with Crippen molar-refractivity contribution < 1.29 is 24.3 Å². The lowest BCUT2D eigenvalue weighted by Crippen LogP contribution is -2.09. The Hall–Kier alpha value is -2.64. The molecule has 0 heterocycles. The van der Waals surface area contributed by atoms with Crippen molar-refractivity contribution in [3.63, 3.8) is 0 Å². The normalized spacial score (nSPS) is 10.9. The van der Waals surface area contributed by atoms with Crippen molar-refractivity contribution in [2.75, 3.05) is 19.4 Å². The zero-order valence-corrected chi connectivity index (χ0v) is 11.5. The monoisotopic (exact) mass is 292 g/mol. The van der Waals surface area contributed by atoms with Crippen LogP contribution in [0.2, 0.25) is 0 Å². The lowest BCUT2D eigenvalue weighted by atomic mass is 10.1. The van der Waals surface area contributed by atoms with Gasteiger partial charge in [0.2, 0.25) is 0 Å². The van der Waals surface area contributed by atoms with Crippen molar-refractivity contribution in [2.45, 2.75) is 0 Å². The van der Waals surface area contributed by atoms with E-state index >= 15 is 0 Å². The highest BCUT2D eigenvalue weighted by Crippen LogP contribution is 2.23. The van der Waals surface area contributed by atoms with Crippen molar-refractivity contribution in [3.8, 4) is 0 Å². The first-order chi connectivity index (χ1) is 9.97. The number of nitrogens with zero attached hydrogens (tertiary/aromatic N) is 1. The molecule has 1 N–H and O–H groups in total. The van der Waals surface area contributed by atoms with E-state index in [0.717, 1.165) is 6.08 Å². The summed E-state index contributed by atoms with van der Waals surface area (Å²) in [6.07, 6.45) is 5.05. The summed E-state index contributed by atoms with van der Waals surface area (Å²) in [5.41, 5.74) is 0.732. The third kappa shape index (κ3) is 5.09. The van der Waals surface area contributed by atoms with Gasteiger partial charge in [0.05, 0.1) is 19.9 Å². The number of benzene rings is 1. The minimum Gasteiger partial charge on any atom is -0.733 e. The fourth-order valence-corrected chi connectivity index (χ4v) is 1.43. The van der Waals surface area contributed by atoms with E-state index < -0.39 is 11.9 Å². The smallest absolute Gasteiger partial charge is 0.330 e. The third-order valence-electron chi connectivity index (χ3n) is 2.47. The topological polar surface area (TPSA) is 99.1 Å². The summed E-state index contributed by atoms with van der Waals surface area (Å²) in [6.45, 7) is 0. The van der Waals surface area contributed by atoms with E-state index in [9.17, 15) is 14.8 Å². The lowest BCUT2D eigenvalue weighted by molar-refractivity contribution is -0.135. The summed E-state index contributed by atoms with van der Waals surface area (Å²) >= 11 is 0. The van der Waals surface area contributed by atoms with E-state index in [1.54, 1.807) is 6.07 Å². The molecule has 0 fully saturated rings. The Balaban J connectivity index is 3.07. The van der Waals surface area contributed by atoms with Crippen molar-refractivity contribution in [1.29, 1.82) is 0 Å². The van der Waals surface area contributed by atoms with Crippen LogP contribution in [0.4, 0.5) is 5.69 Å². The van der Waals surface area contributed by atoms with Crippen LogP contribution in [0.5, 0.6) is 0 Å². The minimum absolute atomic E-state index is 0.0813. The average Bonchev–Trinajstić information content (AvgIpc) is 2.50. The number of carbonyl (C=O) groups is 2. The summed E-state index contributed by atoms with van der Waals surface area (Å²) in [5.74, 6) is -1.14. The van der Waals surface area contributed by atoms with Gasteiger partial charge in [-0.3, -0.25) is 5.21 Å². The quantitative estimate of drug-likeness (QED) is 0.501. The molecule has 0 saturated heterocycles. The molecule has 0 aromatic heterocycles. The second-order valence-corrected chi connectivity index (χ2v) is 3.80. The molecular weight excluding hydrogens is 278 g/mol. The Labute approximate surface area is 121 Å². The minimum atomic E-state index is -0.592. The van der Waals surface area contributed by atoms with Crippen LogP contribution in [-0.4, -0.2) is 31.4 Å². The molecule has 0 spiro atoms. The van der Waals surface area contributed by atoms with Crippen LogP contribution < -0.4 is 5.23 Å². The Morgan fingerprint density at radius 3 is 2.24 bits per heavy atom. The zero-order chi connectivity index (χ0) is 15.8. The van der Waals surface area contributed by atoms with E-state index in [1.165, 1.54) is 44.6 Å². The predicted molar refractivity (Wildman–Crippen MR) is 76.2 cm³/mol. The summed E-state index contributed by atoms with van der Waals surface area (Å²) in [7, 11) is 2.46. The average molecular weight is 292 g/mol. The summed E-state index contributed by atoms with van der Waals surface area (Å²) in [5, 5.41) is 19.9. The molecule has 1 rings (SSSR count). The number of hydrogen-bond acceptors (Lipinski definition) is 7. The SMILES string of the molecule is COC(=O)C=Cc1ccc(C=CC(=O)OC)c(N([O-])O)c1. The zero-order valence-electron chi connectivity index (χ0n) is 11.5. The highest BCUT2D eigenvalue weighted by molar-refractivity contribution is 5.89. The van der Waals surface area contributed by atoms with Gasteiger partial charge in [-0.05, 0) is 29.3 Å². The Morgan fingerprint density at radius 1 is 1.14 bits per heavy atom. The number of esters is 2. The number of carbonyl (C=O) groups excluding carboxylic acids is 2. The maximum atomic E-state index is 11.1. The van der Waals surface area contributed by atoms with E-state index in [1.807, 2.05) is 0 Å². The molecule has 112 valence electrons. The Bertz CT molecular complexity index is 577. The molecule has 1 aromatic rings. The Morgan fingerprint density at radius 2 is 1.71 bits per heavy atom. The van der Waals surface area contributed by atoms with E-state index in [2.05, 4.69) is 9.47 Å². The molecule has 0 atom stereocenters. The highest BCUT2D eigenvalue weighted by Gasteiger charge is 2.03.